The number of carbonyl (C=O) groups excluding carboxylic acids is 3. The highest BCUT2D eigenvalue weighted by Crippen LogP contribution is 2.26. The van der Waals surface area contributed by atoms with Gasteiger partial charge in [-0.05, 0) is 32.2 Å². The number of ether oxygens (including phenoxy) is 1. The number of benzene rings is 1. The van der Waals surface area contributed by atoms with Gasteiger partial charge in [-0.25, -0.2) is 4.79 Å². The molecule has 1 amide bonds. The molecule has 0 saturated heterocycles. The Balaban J connectivity index is 2.10. The number of carbonyl (C=O) groups is 3. The summed E-state index contributed by atoms with van der Waals surface area (Å²) < 4.78 is 9.97. The van der Waals surface area contributed by atoms with Crippen LogP contribution in [-0.2, 0) is 9.53 Å². The number of anilines is 1. The van der Waals surface area contributed by atoms with Gasteiger partial charge in [-0.2, -0.15) is 0 Å². The number of esters is 1. The molecule has 1 heterocycles. The molecule has 8 heteroatoms. The summed E-state index contributed by atoms with van der Waals surface area (Å²) in [6.07, 6.45) is 1.87. The molecule has 132 valence electrons. The molecule has 0 aliphatic carbocycles. The van der Waals surface area contributed by atoms with Gasteiger partial charge < -0.3 is 14.6 Å². The van der Waals surface area contributed by atoms with Gasteiger partial charge in [0.2, 0.25) is 5.91 Å². The average Bonchev–Trinajstić information content (AvgIpc) is 2.90. The fraction of sp³-hybridized carbons (Fsp3) is 0.294. The first-order valence-corrected chi connectivity index (χ1v) is 8.64. The van der Waals surface area contributed by atoms with Crippen LogP contribution in [0.3, 0.4) is 0 Å². The van der Waals surface area contributed by atoms with E-state index in [2.05, 4.69) is 10.5 Å². The van der Waals surface area contributed by atoms with Gasteiger partial charge in [-0.3, -0.25) is 9.59 Å². The molecule has 0 bridgehead atoms. The van der Waals surface area contributed by atoms with E-state index in [9.17, 15) is 14.4 Å². The molecule has 0 aliphatic rings. The standard InChI is InChI=1S/C17H18N2O5S/c1-9-16(10(2)24-19-9)17(22)23-8-14(21)12-5-6-15(25-4)13(7-12)18-11(3)20/h5-7H,8H2,1-4H3,(H,18,20). The molecule has 0 fully saturated rings. The third-order valence-electron chi connectivity index (χ3n) is 3.40. The summed E-state index contributed by atoms with van der Waals surface area (Å²) in [7, 11) is 0. The molecule has 2 aromatic rings. The predicted molar refractivity (Wildman–Crippen MR) is 93.1 cm³/mol. The summed E-state index contributed by atoms with van der Waals surface area (Å²) in [5.74, 6) is -0.927. The number of Topliss-reactive ketones (excluding diaryl/α,β-unsaturated/α-hetero) is 1. The number of hydrogen-bond donors (Lipinski definition) is 1. The zero-order valence-corrected chi connectivity index (χ0v) is 15.2. The van der Waals surface area contributed by atoms with Crippen molar-refractivity contribution in [1.29, 1.82) is 0 Å². The highest BCUT2D eigenvalue weighted by molar-refractivity contribution is 7.98. The Bertz CT molecular complexity index is 809. The van der Waals surface area contributed by atoms with E-state index in [-0.39, 0.29) is 17.3 Å². The number of amides is 1. The Morgan fingerprint density at radius 3 is 2.56 bits per heavy atom. The number of rotatable bonds is 6. The van der Waals surface area contributed by atoms with Crippen LogP contribution in [0, 0.1) is 13.8 Å². The van der Waals surface area contributed by atoms with Crippen molar-refractivity contribution in [1.82, 2.24) is 5.16 Å². The second-order valence-corrected chi connectivity index (χ2v) is 6.14. The van der Waals surface area contributed by atoms with E-state index in [1.54, 1.807) is 32.0 Å². The van der Waals surface area contributed by atoms with Crippen molar-refractivity contribution >= 4 is 35.1 Å². The summed E-state index contributed by atoms with van der Waals surface area (Å²) in [5.41, 5.74) is 1.52. The lowest BCUT2D eigenvalue weighted by Crippen LogP contribution is -2.16. The van der Waals surface area contributed by atoms with Gasteiger partial charge in [0.15, 0.2) is 12.4 Å². The Morgan fingerprint density at radius 1 is 1.28 bits per heavy atom. The minimum atomic E-state index is -0.660. The van der Waals surface area contributed by atoms with Gasteiger partial charge >= 0.3 is 5.97 Å². The van der Waals surface area contributed by atoms with Crippen molar-refractivity contribution in [3.8, 4) is 0 Å². The third kappa shape index (κ3) is 4.48. The quantitative estimate of drug-likeness (QED) is 0.479. The van der Waals surface area contributed by atoms with Crippen LogP contribution in [0.25, 0.3) is 0 Å². The number of ketones is 1. The van der Waals surface area contributed by atoms with Crippen molar-refractivity contribution in [3.63, 3.8) is 0 Å². The maximum atomic E-state index is 12.3. The first-order chi connectivity index (χ1) is 11.8. The SMILES string of the molecule is CSc1ccc(C(=O)COC(=O)c2c(C)noc2C)cc1NC(C)=O. The van der Waals surface area contributed by atoms with Crippen LogP contribution in [0.5, 0.6) is 0 Å². The predicted octanol–water partition coefficient (Wildman–Crippen LogP) is 3.01. The summed E-state index contributed by atoms with van der Waals surface area (Å²) in [6.45, 7) is 4.19. The molecule has 7 nitrogen and oxygen atoms in total. The first-order valence-electron chi connectivity index (χ1n) is 7.42. The second-order valence-electron chi connectivity index (χ2n) is 5.29. The second kappa shape index (κ2) is 7.98. The van der Waals surface area contributed by atoms with Gasteiger partial charge in [0.05, 0.1) is 11.4 Å². The minimum absolute atomic E-state index is 0.226. The van der Waals surface area contributed by atoms with Crippen molar-refractivity contribution < 1.29 is 23.6 Å². The van der Waals surface area contributed by atoms with Crippen LogP contribution in [0.4, 0.5) is 5.69 Å². The van der Waals surface area contributed by atoms with Crippen LogP contribution in [0.2, 0.25) is 0 Å². The van der Waals surface area contributed by atoms with Gasteiger partial charge in [-0.1, -0.05) is 11.2 Å². The number of aryl methyl sites for hydroxylation is 2. The first kappa shape index (κ1) is 18.7. The fourth-order valence-corrected chi connectivity index (χ4v) is 2.76. The highest BCUT2D eigenvalue weighted by Gasteiger charge is 2.20. The monoisotopic (exact) mass is 362 g/mol. The number of nitrogens with zero attached hydrogens (tertiary/aromatic N) is 1. The molecule has 0 saturated carbocycles. The molecule has 1 aromatic carbocycles. The van der Waals surface area contributed by atoms with Crippen molar-refractivity contribution in [3.05, 3.63) is 40.8 Å². The van der Waals surface area contributed by atoms with Crippen LogP contribution >= 0.6 is 11.8 Å². The number of thioether (sulfide) groups is 1. The molecule has 1 N–H and O–H groups in total. The van der Waals surface area contributed by atoms with E-state index < -0.39 is 12.6 Å². The lowest BCUT2D eigenvalue weighted by Gasteiger charge is -2.10. The fourth-order valence-electron chi connectivity index (χ4n) is 2.23. The topological polar surface area (TPSA) is 98.5 Å². The lowest BCUT2D eigenvalue weighted by molar-refractivity contribution is -0.114. The Morgan fingerprint density at radius 2 is 2.00 bits per heavy atom. The minimum Gasteiger partial charge on any atom is -0.454 e. The Labute approximate surface area is 149 Å². The lowest BCUT2D eigenvalue weighted by atomic mass is 10.1. The number of hydrogen-bond acceptors (Lipinski definition) is 7. The van der Waals surface area contributed by atoms with Crippen molar-refractivity contribution in [2.75, 3.05) is 18.2 Å². The molecule has 0 spiro atoms. The zero-order chi connectivity index (χ0) is 18.6. The normalized spacial score (nSPS) is 10.4. The van der Waals surface area contributed by atoms with Gasteiger partial charge in [0.1, 0.15) is 11.3 Å². The van der Waals surface area contributed by atoms with E-state index in [4.69, 9.17) is 9.26 Å². The molecule has 25 heavy (non-hydrogen) atoms. The number of nitrogens with one attached hydrogen (secondary N) is 1. The average molecular weight is 362 g/mol. The van der Waals surface area contributed by atoms with Crippen molar-refractivity contribution in [2.24, 2.45) is 0 Å². The van der Waals surface area contributed by atoms with Crippen LogP contribution in [-0.4, -0.2) is 35.7 Å². The molecular weight excluding hydrogens is 344 g/mol. The Kier molecular flexibility index (Phi) is 5.97. The molecule has 0 aliphatic heterocycles. The molecule has 0 radical (unpaired) electrons. The van der Waals surface area contributed by atoms with E-state index in [0.29, 0.717) is 22.7 Å². The molecule has 0 atom stereocenters. The van der Waals surface area contributed by atoms with E-state index in [0.717, 1.165) is 4.90 Å². The van der Waals surface area contributed by atoms with E-state index >= 15 is 0 Å². The summed E-state index contributed by atoms with van der Waals surface area (Å²) in [4.78, 5) is 36.5. The smallest absolute Gasteiger partial charge is 0.344 e. The molecule has 0 unspecified atom stereocenters. The Hall–Kier alpha value is -2.61. The largest absolute Gasteiger partial charge is 0.454 e. The van der Waals surface area contributed by atoms with Gasteiger partial charge in [-0.15, -0.1) is 11.8 Å². The highest BCUT2D eigenvalue weighted by atomic mass is 32.2. The summed E-state index contributed by atoms with van der Waals surface area (Å²) in [6, 6.07) is 4.93. The van der Waals surface area contributed by atoms with Crippen LogP contribution in [0.1, 0.15) is 39.1 Å². The third-order valence-corrected chi connectivity index (χ3v) is 4.20. The summed E-state index contributed by atoms with van der Waals surface area (Å²) in [5, 5.41) is 6.36. The van der Waals surface area contributed by atoms with Gasteiger partial charge in [0, 0.05) is 17.4 Å². The van der Waals surface area contributed by atoms with E-state index in [1.165, 1.54) is 18.7 Å². The molecule has 2 rings (SSSR count). The maximum Gasteiger partial charge on any atom is 0.344 e. The van der Waals surface area contributed by atoms with Crippen LogP contribution in [0.15, 0.2) is 27.6 Å². The van der Waals surface area contributed by atoms with Crippen LogP contribution < -0.4 is 5.32 Å². The number of aromatic nitrogens is 1. The zero-order valence-electron chi connectivity index (χ0n) is 14.3. The maximum absolute atomic E-state index is 12.3. The van der Waals surface area contributed by atoms with Gasteiger partial charge in [0.25, 0.3) is 0 Å². The van der Waals surface area contributed by atoms with Crippen molar-refractivity contribution in [2.45, 2.75) is 25.7 Å². The molecule has 1 aromatic heterocycles. The molecular formula is C17H18N2O5S. The van der Waals surface area contributed by atoms with E-state index in [1.807, 2.05) is 6.26 Å². The summed E-state index contributed by atoms with van der Waals surface area (Å²) >= 11 is 1.45.